The van der Waals surface area contributed by atoms with Crippen LogP contribution in [-0.4, -0.2) is 77.9 Å². The molecule has 0 atom stereocenters. The first-order valence-electron chi connectivity index (χ1n) is 19.3. The quantitative estimate of drug-likeness (QED) is 0.147. The fraction of sp³-hybridized carbons (Fsp3) is 0.310. The molecule has 2 amide bonds. The number of hydrogen-bond donors (Lipinski definition) is 1. The van der Waals surface area contributed by atoms with Gasteiger partial charge in [-0.15, -0.1) is 5.10 Å². The second-order valence-electron chi connectivity index (χ2n) is 14.8. The van der Waals surface area contributed by atoms with Crippen molar-refractivity contribution in [3.05, 3.63) is 128 Å². The van der Waals surface area contributed by atoms with Gasteiger partial charge in [0, 0.05) is 44.6 Å². The van der Waals surface area contributed by atoms with Crippen molar-refractivity contribution >= 4 is 40.6 Å². The molecule has 2 aliphatic rings. The lowest BCUT2D eigenvalue weighted by Crippen LogP contribution is -2.51. The predicted octanol–water partition coefficient (Wildman–Crippen LogP) is 6.81. The number of alkyl halides is 5. The van der Waals surface area contributed by atoms with Gasteiger partial charge in [-0.05, 0) is 54.3 Å². The highest BCUT2D eigenvalue weighted by Crippen LogP contribution is 2.37. The van der Waals surface area contributed by atoms with Crippen LogP contribution in [0.15, 0.2) is 77.9 Å². The van der Waals surface area contributed by atoms with Gasteiger partial charge in [0.2, 0.25) is 11.7 Å². The van der Waals surface area contributed by atoms with E-state index in [1.165, 1.54) is 10.9 Å². The zero-order valence-corrected chi connectivity index (χ0v) is 33.5. The number of benzene rings is 3. The molecule has 316 valence electrons. The molecule has 61 heavy (non-hydrogen) atoms. The average molecular weight is 862 g/mol. The van der Waals surface area contributed by atoms with Crippen molar-refractivity contribution in [3.8, 4) is 17.1 Å². The molecule has 8 rings (SSSR count). The summed E-state index contributed by atoms with van der Waals surface area (Å²) >= 11 is 6.16. The van der Waals surface area contributed by atoms with E-state index < -0.39 is 48.5 Å². The topological polar surface area (TPSA) is 140 Å². The summed E-state index contributed by atoms with van der Waals surface area (Å²) in [5.74, 6) is -3.70. The molecule has 0 radical (unpaired) electrons. The van der Waals surface area contributed by atoms with E-state index in [0.717, 1.165) is 22.2 Å². The zero-order chi connectivity index (χ0) is 43.2. The van der Waals surface area contributed by atoms with Gasteiger partial charge in [-0.2, -0.15) is 22.7 Å². The largest absolute Gasteiger partial charge is 0.485 e. The van der Waals surface area contributed by atoms with E-state index in [1.54, 1.807) is 41.8 Å². The fourth-order valence-corrected chi connectivity index (χ4v) is 7.93. The number of carbonyl (C=O) groups is 2. The number of carbonyl (C=O) groups excluding carboxylic acids is 2. The second kappa shape index (κ2) is 16.2. The number of aromatic nitrogens is 6. The number of piperazine rings is 1. The van der Waals surface area contributed by atoms with Crippen LogP contribution in [0.25, 0.3) is 17.2 Å². The van der Waals surface area contributed by atoms with Gasteiger partial charge in [-0.3, -0.25) is 14.4 Å². The zero-order valence-electron chi connectivity index (χ0n) is 32.8. The number of nitrogens with zero attached hydrogens (tertiary/aromatic N) is 8. The maximum Gasteiger partial charge on any atom is 0.416 e. The summed E-state index contributed by atoms with van der Waals surface area (Å²) in [7, 11) is 0. The normalized spacial score (nSPS) is 15.0. The Bertz CT molecular complexity index is 2730. The van der Waals surface area contributed by atoms with E-state index in [-0.39, 0.29) is 84.6 Å². The Morgan fingerprint density at radius 3 is 2.39 bits per heavy atom. The highest BCUT2D eigenvalue weighted by molar-refractivity contribution is 6.33. The van der Waals surface area contributed by atoms with Gasteiger partial charge >= 0.3 is 6.18 Å². The van der Waals surface area contributed by atoms with Gasteiger partial charge in [0.05, 0.1) is 27.7 Å². The minimum absolute atomic E-state index is 0.0314. The van der Waals surface area contributed by atoms with Crippen molar-refractivity contribution in [1.29, 1.82) is 0 Å². The molecule has 3 aromatic heterocycles. The summed E-state index contributed by atoms with van der Waals surface area (Å²) in [4.78, 5) is 58.7. The average Bonchev–Trinajstić information content (AvgIpc) is 3.82. The number of anilines is 2. The Labute approximate surface area is 349 Å². The van der Waals surface area contributed by atoms with Crippen molar-refractivity contribution in [1.82, 2.24) is 34.0 Å². The van der Waals surface area contributed by atoms with Crippen LogP contribution in [0.1, 0.15) is 51.1 Å². The number of aryl methyl sites for hydroxylation is 1. The minimum Gasteiger partial charge on any atom is -0.485 e. The van der Waals surface area contributed by atoms with Gasteiger partial charge in [0.15, 0.2) is 17.3 Å². The molecule has 1 N–H and O–H groups in total. The molecule has 6 aromatic rings. The molecular weight excluding hydrogens is 825 g/mol. The Hall–Kier alpha value is -6.43. The third-order valence-electron chi connectivity index (χ3n) is 10.7. The smallest absolute Gasteiger partial charge is 0.416 e. The predicted molar refractivity (Wildman–Crippen MR) is 215 cm³/mol. The van der Waals surface area contributed by atoms with Gasteiger partial charge in [-0.1, -0.05) is 61.0 Å². The lowest BCUT2D eigenvalue weighted by Gasteiger charge is -2.36. The summed E-state index contributed by atoms with van der Waals surface area (Å²) in [5, 5.41) is 6.74. The van der Waals surface area contributed by atoms with Crippen LogP contribution in [-0.2, 0) is 43.4 Å². The van der Waals surface area contributed by atoms with Crippen molar-refractivity contribution in [2.75, 3.05) is 36.4 Å². The van der Waals surface area contributed by atoms with Crippen molar-refractivity contribution < 1.29 is 36.3 Å². The highest BCUT2D eigenvalue weighted by Gasteiger charge is 2.38. The molecule has 0 unspecified atom stereocenters. The van der Waals surface area contributed by atoms with Crippen LogP contribution >= 0.6 is 11.6 Å². The molecule has 3 aromatic carbocycles. The summed E-state index contributed by atoms with van der Waals surface area (Å²) in [6.07, 6.45) is -3.99. The van der Waals surface area contributed by atoms with Crippen molar-refractivity contribution in [2.24, 2.45) is 0 Å². The number of hydrogen-bond acceptors (Lipinski definition) is 9. The van der Waals surface area contributed by atoms with Crippen LogP contribution in [0, 0.1) is 6.92 Å². The summed E-state index contributed by atoms with van der Waals surface area (Å²) < 4.78 is 77.1. The van der Waals surface area contributed by atoms with Crippen LogP contribution in [0.4, 0.5) is 33.3 Å². The molecule has 0 bridgehead atoms. The van der Waals surface area contributed by atoms with Crippen LogP contribution in [0.3, 0.4) is 0 Å². The van der Waals surface area contributed by atoms with E-state index in [4.69, 9.17) is 16.3 Å². The first kappa shape index (κ1) is 41.3. The van der Waals surface area contributed by atoms with E-state index >= 15 is 0 Å². The highest BCUT2D eigenvalue weighted by atomic mass is 35.5. The Kier molecular flexibility index (Phi) is 11.0. The standard InChI is InChI=1S/C42H37ClF5N9O4/c1-3-32-35(54-13-15-55(16-14-54)38(59)34-36(24(2)49-23-50-34)61-22-25-7-5-4-6-8-25)39(60)57-40(52-37(53-57)26-9-10-27-19-41(44,45)20-28(27)17-26)56(32)21-33(58)51-31-12-11-29(18-30(31)43)42(46,47)48/h4-12,17-18,23H,3,13-16,19-22H2,1-2H3,(H,51,58). The molecule has 0 saturated carbocycles. The first-order chi connectivity index (χ1) is 29.1. The van der Waals surface area contributed by atoms with E-state index in [1.807, 2.05) is 30.3 Å². The van der Waals surface area contributed by atoms with Gasteiger partial charge in [0.25, 0.3) is 17.4 Å². The van der Waals surface area contributed by atoms with Crippen LogP contribution in [0.2, 0.25) is 5.02 Å². The third kappa shape index (κ3) is 8.36. The van der Waals surface area contributed by atoms with Gasteiger partial charge in [-0.25, -0.2) is 18.7 Å². The molecular formula is C42H37ClF5N9O4. The molecule has 1 aliphatic heterocycles. The molecule has 13 nitrogen and oxygen atoms in total. The Morgan fingerprint density at radius 1 is 0.951 bits per heavy atom. The number of amides is 2. The maximum absolute atomic E-state index is 14.5. The molecule has 1 aliphatic carbocycles. The van der Waals surface area contributed by atoms with E-state index in [0.29, 0.717) is 34.1 Å². The van der Waals surface area contributed by atoms with E-state index in [2.05, 4.69) is 25.4 Å². The van der Waals surface area contributed by atoms with Gasteiger partial charge in [0.1, 0.15) is 25.2 Å². The molecule has 19 heteroatoms. The number of rotatable bonds is 10. The minimum atomic E-state index is -4.65. The lowest BCUT2D eigenvalue weighted by molar-refractivity contribution is -0.137. The second-order valence-corrected chi connectivity index (χ2v) is 15.2. The Morgan fingerprint density at radius 2 is 1.69 bits per heavy atom. The molecule has 4 heterocycles. The summed E-state index contributed by atoms with van der Waals surface area (Å²) in [6, 6.07) is 16.7. The summed E-state index contributed by atoms with van der Waals surface area (Å²) in [5.41, 5.74) is 1.74. The van der Waals surface area contributed by atoms with Crippen molar-refractivity contribution in [3.63, 3.8) is 0 Å². The van der Waals surface area contributed by atoms with Crippen molar-refractivity contribution in [2.45, 2.75) is 58.4 Å². The van der Waals surface area contributed by atoms with Crippen LogP contribution < -0.4 is 20.5 Å². The third-order valence-corrected chi connectivity index (χ3v) is 11.0. The molecule has 0 spiro atoms. The molecule has 1 fully saturated rings. The number of fused-ring (bicyclic) bond motifs is 2. The lowest BCUT2D eigenvalue weighted by atomic mass is 10.1. The SMILES string of the molecule is CCc1c(N2CCN(C(=O)c3ncnc(C)c3OCc3ccccc3)CC2)c(=O)n2nc(-c3ccc4c(c3)CC(F)(F)C4)nc2n1CC(=O)Nc1ccc(C(F)(F)F)cc1Cl. The first-order valence-corrected chi connectivity index (χ1v) is 19.7. The number of halogens is 6. The Balaban J connectivity index is 1.11. The fourth-order valence-electron chi connectivity index (χ4n) is 7.70. The monoisotopic (exact) mass is 861 g/mol. The van der Waals surface area contributed by atoms with Crippen LogP contribution in [0.5, 0.6) is 5.75 Å². The number of nitrogens with one attached hydrogen (secondary N) is 1. The summed E-state index contributed by atoms with van der Waals surface area (Å²) in [6.45, 7) is 3.97. The van der Waals surface area contributed by atoms with E-state index in [9.17, 15) is 36.3 Å². The maximum atomic E-state index is 14.5. The van der Waals surface area contributed by atoms with Gasteiger partial charge < -0.3 is 24.4 Å². The molecule has 1 saturated heterocycles. The number of ether oxygens (including phenoxy) is 1.